The maximum absolute atomic E-state index is 5.81. The van der Waals surface area contributed by atoms with Crippen molar-refractivity contribution < 1.29 is 4.74 Å². The van der Waals surface area contributed by atoms with Gasteiger partial charge in [-0.2, -0.15) is 0 Å². The van der Waals surface area contributed by atoms with Crippen LogP contribution in [0.25, 0.3) is 0 Å². The molecule has 0 bridgehead atoms. The highest BCUT2D eigenvalue weighted by atomic mass is 16.5. The summed E-state index contributed by atoms with van der Waals surface area (Å²) < 4.78 is 7.85. The molecule has 5 heteroatoms. The summed E-state index contributed by atoms with van der Waals surface area (Å²) in [6, 6.07) is 0. The van der Waals surface area contributed by atoms with Crippen molar-refractivity contribution in [3.8, 4) is 0 Å². The van der Waals surface area contributed by atoms with Crippen LogP contribution in [0, 0.1) is 5.92 Å². The first kappa shape index (κ1) is 14.5. The zero-order valence-corrected chi connectivity index (χ0v) is 12.3. The number of aromatic nitrogens is 2. The van der Waals surface area contributed by atoms with Gasteiger partial charge in [-0.15, -0.1) is 0 Å². The molecule has 0 spiro atoms. The summed E-state index contributed by atoms with van der Waals surface area (Å²) >= 11 is 0. The number of hydrogen-bond donors (Lipinski definition) is 1. The van der Waals surface area contributed by atoms with E-state index in [1.807, 2.05) is 24.1 Å². The molecule has 1 N–H and O–H groups in total. The van der Waals surface area contributed by atoms with Crippen molar-refractivity contribution >= 4 is 0 Å². The largest absolute Gasteiger partial charge is 0.374 e. The molecule has 2 rings (SSSR count). The van der Waals surface area contributed by atoms with Gasteiger partial charge in [-0.3, -0.25) is 4.90 Å². The molecule has 19 heavy (non-hydrogen) atoms. The highest BCUT2D eigenvalue weighted by Gasteiger charge is 2.20. The van der Waals surface area contributed by atoms with Crippen LogP contribution in [0.3, 0.4) is 0 Å². The van der Waals surface area contributed by atoms with Gasteiger partial charge in [0.05, 0.1) is 24.7 Å². The molecule has 1 atom stereocenters. The van der Waals surface area contributed by atoms with Crippen LogP contribution in [-0.4, -0.2) is 53.3 Å². The number of imidazole rings is 1. The molecule has 1 saturated heterocycles. The molecule has 1 aromatic heterocycles. The van der Waals surface area contributed by atoms with Gasteiger partial charge in [0, 0.05) is 46.0 Å². The van der Waals surface area contributed by atoms with Crippen molar-refractivity contribution in [1.82, 2.24) is 19.8 Å². The Bertz CT molecular complexity index is 377. The second kappa shape index (κ2) is 7.03. The van der Waals surface area contributed by atoms with E-state index in [0.29, 0.717) is 6.10 Å². The zero-order chi connectivity index (χ0) is 13.7. The van der Waals surface area contributed by atoms with Crippen molar-refractivity contribution in [1.29, 1.82) is 0 Å². The number of morpholine rings is 1. The molecule has 5 nitrogen and oxygen atoms in total. The third-order valence-corrected chi connectivity index (χ3v) is 3.44. The fourth-order valence-electron chi connectivity index (χ4n) is 2.50. The Labute approximate surface area is 116 Å². The zero-order valence-electron chi connectivity index (χ0n) is 12.3. The van der Waals surface area contributed by atoms with Crippen LogP contribution in [0.5, 0.6) is 0 Å². The number of nitrogens with zero attached hydrogens (tertiary/aromatic N) is 3. The van der Waals surface area contributed by atoms with Crippen molar-refractivity contribution in [3.63, 3.8) is 0 Å². The molecular formula is C14H26N4O. The lowest BCUT2D eigenvalue weighted by Crippen LogP contribution is -2.47. The Hall–Kier alpha value is -0.910. The Kier molecular flexibility index (Phi) is 5.36. The van der Waals surface area contributed by atoms with Crippen molar-refractivity contribution in [2.24, 2.45) is 13.0 Å². The summed E-state index contributed by atoms with van der Waals surface area (Å²) in [6.45, 7) is 10.4. The molecule has 0 amide bonds. The molecule has 0 aromatic carbocycles. The van der Waals surface area contributed by atoms with Crippen molar-refractivity contribution in [2.45, 2.75) is 26.5 Å². The number of aryl methyl sites for hydroxylation is 1. The second-order valence-electron chi connectivity index (χ2n) is 5.77. The molecular weight excluding hydrogens is 240 g/mol. The predicted molar refractivity (Wildman–Crippen MR) is 75.9 cm³/mol. The average molecular weight is 266 g/mol. The standard InChI is InChI=1S/C14H26N4O/c1-12(2)9-18-4-5-19-14(10-18)8-15-6-13-7-16-11-17(13)3/h7,11-12,14-15H,4-6,8-10H2,1-3H3/t14-/m0/s1. The monoisotopic (exact) mass is 266 g/mol. The molecule has 1 aromatic rings. The van der Waals surface area contributed by atoms with Crippen molar-refractivity contribution in [3.05, 3.63) is 18.2 Å². The Morgan fingerprint density at radius 2 is 2.37 bits per heavy atom. The summed E-state index contributed by atoms with van der Waals surface area (Å²) in [4.78, 5) is 6.62. The summed E-state index contributed by atoms with van der Waals surface area (Å²) in [5.74, 6) is 0.723. The normalized spacial score (nSPS) is 21.2. The minimum atomic E-state index is 0.306. The Morgan fingerprint density at radius 3 is 3.05 bits per heavy atom. The van der Waals surface area contributed by atoms with E-state index in [1.165, 1.54) is 12.2 Å². The molecule has 1 aliphatic rings. The van der Waals surface area contributed by atoms with Crippen LogP contribution in [0.15, 0.2) is 12.5 Å². The average Bonchev–Trinajstić information content (AvgIpc) is 2.75. The van der Waals surface area contributed by atoms with Gasteiger partial charge in [0.15, 0.2) is 0 Å². The molecule has 0 aliphatic carbocycles. The van der Waals surface area contributed by atoms with Crippen LogP contribution in [0.2, 0.25) is 0 Å². The predicted octanol–water partition coefficient (Wildman–Crippen LogP) is 0.866. The molecule has 0 saturated carbocycles. The third kappa shape index (κ3) is 4.60. The van der Waals surface area contributed by atoms with E-state index < -0.39 is 0 Å². The van der Waals surface area contributed by atoms with Crippen LogP contribution in [0.1, 0.15) is 19.5 Å². The Morgan fingerprint density at radius 1 is 1.53 bits per heavy atom. The first-order chi connectivity index (χ1) is 9.15. The lowest BCUT2D eigenvalue weighted by Gasteiger charge is -2.34. The summed E-state index contributed by atoms with van der Waals surface area (Å²) in [6.07, 6.45) is 4.04. The summed E-state index contributed by atoms with van der Waals surface area (Å²) in [5.41, 5.74) is 1.20. The van der Waals surface area contributed by atoms with E-state index in [4.69, 9.17) is 4.74 Å². The maximum Gasteiger partial charge on any atom is 0.0945 e. The molecule has 2 heterocycles. The van der Waals surface area contributed by atoms with E-state index in [1.54, 1.807) is 0 Å². The number of rotatable bonds is 6. The van der Waals surface area contributed by atoms with Crippen LogP contribution >= 0.6 is 0 Å². The van der Waals surface area contributed by atoms with E-state index >= 15 is 0 Å². The number of nitrogens with one attached hydrogen (secondary N) is 1. The lowest BCUT2D eigenvalue weighted by atomic mass is 10.2. The quantitative estimate of drug-likeness (QED) is 0.829. The third-order valence-electron chi connectivity index (χ3n) is 3.44. The van der Waals surface area contributed by atoms with E-state index in [-0.39, 0.29) is 0 Å². The van der Waals surface area contributed by atoms with Gasteiger partial charge in [-0.25, -0.2) is 4.98 Å². The summed E-state index contributed by atoms with van der Waals surface area (Å²) in [7, 11) is 2.02. The van der Waals surface area contributed by atoms with E-state index in [2.05, 4.69) is 29.0 Å². The summed E-state index contributed by atoms with van der Waals surface area (Å²) in [5, 5.41) is 3.46. The topological polar surface area (TPSA) is 42.3 Å². The van der Waals surface area contributed by atoms with Gasteiger partial charge < -0.3 is 14.6 Å². The van der Waals surface area contributed by atoms with Crippen molar-refractivity contribution in [2.75, 3.05) is 32.8 Å². The SMILES string of the molecule is CC(C)CN1CCO[C@@H](CNCc2cncn2C)C1. The van der Waals surface area contributed by atoms with Gasteiger partial charge in [-0.05, 0) is 5.92 Å². The van der Waals surface area contributed by atoms with Crippen LogP contribution < -0.4 is 5.32 Å². The first-order valence-corrected chi connectivity index (χ1v) is 7.15. The minimum Gasteiger partial charge on any atom is -0.374 e. The van der Waals surface area contributed by atoms with E-state index in [9.17, 15) is 0 Å². The highest BCUT2D eigenvalue weighted by Crippen LogP contribution is 2.07. The van der Waals surface area contributed by atoms with Crippen LogP contribution in [-0.2, 0) is 18.3 Å². The fourth-order valence-corrected chi connectivity index (χ4v) is 2.50. The van der Waals surface area contributed by atoms with Gasteiger partial charge in [0.1, 0.15) is 0 Å². The van der Waals surface area contributed by atoms with E-state index in [0.717, 1.165) is 38.7 Å². The van der Waals surface area contributed by atoms with Gasteiger partial charge >= 0.3 is 0 Å². The molecule has 1 aliphatic heterocycles. The maximum atomic E-state index is 5.81. The number of hydrogen-bond acceptors (Lipinski definition) is 4. The van der Waals surface area contributed by atoms with Gasteiger partial charge in [0.2, 0.25) is 0 Å². The smallest absolute Gasteiger partial charge is 0.0945 e. The molecule has 108 valence electrons. The van der Waals surface area contributed by atoms with Gasteiger partial charge in [-0.1, -0.05) is 13.8 Å². The minimum absolute atomic E-state index is 0.306. The second-order valence-corrected chi connectivity index (χ2v) is 5.77. The number of ether oxygens (including phenoxy) is 1. The van der Waals surface area contributed by atoms with Gasteiger partial charge in [0.25, 0.3) is 0 Å². The Balaban J connectivity index is 1.69. The molecule has 0 radical (unpaired) electrons. The fraction of sp³-hybridized carbons (Fsp3) is 0.786. The molecule has 0 unspecified atom stereocenters. The first-order valence-electron chi connectivity index (χ1n) is 7.15. The van der Waals surface area contributed by atoms with Crippen LogP contribution in [0.4, 0.5) is 0 Å². The lowest BCUT2D eigenvalue weighted by molar-refractivity contribution is -0.0304. The highest BCUT2D eigenvalue weighted by molar-refractivity contribution is 4.96. The molecule has 1 fully saturated rings.